The molecule has 64 heavy (non-hydrogen) atoms. The molecule has 0 radical (unpaired) electrons. The Morgan fingerprint density at radius 1 is 0.297 bits per heavy atom. The molecule has 6 aliphatic rings. The van der Waals surface area contributed by atoms with Crippen molar-refractivity contribution in [2.45, 2.75) is 112 Å². The molecule has 6 fully saturated rings. The van der Waals surface area contributed by atoms with E-state index in [1.54, 1.807) is 0 Å². The summed E-state index contributed by atoms with van der Waals surface area (Å²) >= 11 is 0. The van der Waals surface area contributed by atoms with Gasteiger partial charge in [-0.1, -0.05) is 146 Å². The number of fused-ring (bicyclic) bond motifs is 6. The topological polar surface area (TPSA) is 30.9 Å². The lowest BCUT2D eigenvalue weighted by atomic mass is 9.83. The average molecular weight is 840 g/mol. The zero-order valence-corrected chi connectivity index (χ0v) is 36.7. The van der Waals surface area contributed by atoms with Gasteiger partial charge in [-0.2, -0.15) is 0 Å². The van der Waals surface area contributed by atoms with E-state index in [9.17, 15) is 0 Å². The fraction of sp³-hybridized carbons (Fsp3) is 0.300. The number of hydrogen-bond acceptors (Lipinski definition) is 4. The Labute approximate surface area is 378 Å². The molecule has 0 aliphatic carbocycles. The van der Waals surface area contributed by atoms with E-state index < -0.39 is 0 Å². The summed E-state index contributed by atoms with van der Waals surface area (Å²) in [7, 11) is 0. The lowest BCUT2D eigenvalue weighted by Crippen LogP contribution is -2.20. The second kappa shape index (κ2) is 16.3. The highest BCUT2D eigenvalue weighted by atomic mass is 16.5. The lowest BCUT2D eigenvalue weighted by Gasteiger charge is -2.26. The molecule has 0 N–H and O–H groups in total. The average Bonchev–Trinajstić information content (AvgIpc) is 4.25. The van der Waals surface area contributed by atoms with Crippen LogP contribution >= 0.6 is 0 Å². The van der Waals surface area contributed by atoms with Crippen LogP contribution in [0.5, 0.6) is 0 Å². The van der Waals surface area contributed by atoms with Crippen molar-refractivity contribution >= 4 is 53.5 Å². The number of nitrogens with zero attached hydrogens (tertiary/aromatic N) is 1. The van der Waals surface area contributed by atoms with Crippen molar-refractivity contribution < 1.29 is 14.2 Å². The van der Waals surface area contributed by atoms with E-state index in [4.69, 9.17) is 14.2 Å². The van der Waals surface area contributed by atoms with Crippen LogP contribution in [0.4, 0.5) is 17.1 Å². The predicted octanol–water partition coefficient (Wildman–Crippen LogP) is 15.2. The van der Waals surface area contributed by atoms with E-state index >= 15 is 0 Å². The third kappa shape index (κ3) is 7.60. The van der Waals surface area contributed by atoms with Gasteiger partial charge in [-0.15, -0.1) is 0 Å². The van der Waals surface area contributed by atoms with Gasteiger partial charge in [0.05, 0.1) is 35.1 Å². The Kier molecular flexibility index (Phi) is 10.2. The van der Waals surface area contributed by atoms with E-state index in [1.165, 1.54) is 71.9 Å². The van der Waals surface area contributed by atoms with Gasteiger partial charge >= 0.3 is 0 Å². The van der Waals surface area contributed by atoms with Crippen molar-refractivity contribution in [3.63, 3.8) is 0 Å². The highest BCUT2D eigenvalue weighted by Crippen LogP contribution is 2.52. The van der Waals surface area contributed by atoms with Crippen molar-refractivity contribution in [1.29, 1.82) is 0 Å². The summed E-state index contributed by atoms with van der Waals surface area (Å²) in [4.78, 5) is 2.35. The van der Waals surface area contributed by atoms with Crippen molar-refractivity contribution in [2.75, 3.05) is 4.90 Å². The van der Waals surface area contributed by atoms with E-state index in [2.05, 4.69) is 187 Å². The predicted molar refractivity (Wildman–Crippen MR) is 262 cm³/mol. The molecule has 4 heteroatoms. The first-order valence-electron chi connectivity index (χ1n) is 24.0. The van der Waals surface area contributed by atoms with Gasteiger partial charge in [0, 0.05) is 17.1 Å². The Hall–Kier alpha value is -5.78. The molecule has 6 aromatic carbocycles. The van der Waals surface area contributed by atoms with E-state index in [-0.39, 0.29) is 16.8 Å². The van der Waals surface area contributed by atoms with Gasteiger partial charge < -0.3 is 19.1 Å². The summed E-state index contributed by atoms with van der Waals surface area (Å²) in [5, 5.41) is 0. The second-order valence-electron chi connectivity index (χ2n) is 19.4. The second-order valence-corrected chi connectivity index (χ2v) is 19.4. The maximum Gasteiger partial charge on any atom is 0.0937 e. The summed E-state index contributed by atoms with van der Waals surface area (Å²) < 4.78 is 19.2. The van der Waals surface area contributed by atoms with Crippen LogP contribution in [0, 0.1) is 0 Å². The summed E-state index contributed by atoms with van der Waals surface area (Å²) in [5.74, 6) is 0. The van der Waals surface area contributed by atoms with Gasteiger partial charge in [-0.05, 0) is 164 Å². The van der Waals surface area contributed by atoms with Crippen molar-refractivity contribution in [3.05, 3.63) is 196 Å². The van der Waals surface area contributed by atoms with Gasteiger partial charge in [0.1, 0.15) is 0 Å². The molecular formula is C60H57NO3. The number of anilines is 3. The normalized spacial score (nSPS) is 27.8. The Balaban J connectivity index is 0.769. The third-order valence-corrected chi connectivity index (χ3v) is 15.6. The van der Waals surface area contributed by atoms with Crippen molar-refractivity contribution in [1.82, 2.24) is 0 Å². The molecule has 6 aliphatic heterocycles. The number of benzene rings is 6. The first-order chi connectivity index (χ1) is 31.5. The summed E-state index contributed by atoms with van der Waals surface area (Å²) in [5.41, 5.74) is 14.3. The largest absolute Gasteiger partial charge is 0.367 e. The maximum absolute atomic E-state index is 6.39. The van der Waals surface area contributed by atoms with Gasteiger partial charge in [0.2, 0.25) is 0 Å². The Morgan fingerprint density at radius 2 is 0.500 bits per heavy atom. The van der Waals surface area contributed by atoms with Crippen LogP contribution in [0.2, 0.25) is 0 Å². The van der Waals surface area contributed by atoms with Crippen molar-refractivity contribution in [3.8, 4) is 0 Å². The van der Waals surface area contributed by atoms with Crippen LogP contribution in [0.3, 0.4) is 0 Å². The maximum atomic E-state index is 6.39. The van der Waals surface area contributed by atoms with E-state index in [0.29, 0.717) is 18.3 Å². The van der Waals surface area contributed by atoms with Crippen LogP contribution in [0.25, 0.3) is 36.5 Å². The molecule has 6 saturated heterocycles. The number of rotatable bonds is 12. The highest BCUT2D eigenvalue weighted by Gasteiger charge is 2.49. The molecule has 4 nitrogen and oxygen atoms in total. The molecular weight excluding hydrogens is 783 g/mol. The van der Waals surface area contributed by atoms with E-state index in [0.717, 1.165) is 72.3 Å². The fourth-order valence-electron chi connectivity index (χ4n) is 11.8. The summed E-state index contributed by atoms with van der Waals surface area (Å²) in [6, 6.07) is 53.7. The minimum Gasteiger partial charge on any atom is -0.367 e. The smallest absolute Gasteiger partial charge is 0.0937 e. The van der Waals surface area contributed by atoms with Crippen LogP contribution in [0.15, 0.2) is 146 Å². The molecule has 0 spiro atoms. The van der Waals surface area contributed by atoms with Gasteiger partial charge in [0.25, 0.3) is 0 Å². The van der Waals surface area contributed by atoms with Crippen LogP contribution in [0.1, 0.15) is 127 Å². The first kappa shape index (κ1) is 39.8. The van der Waals surface area contributed by atoms with E-state index in [1.807, 2.05) is 0 Å². The fourth-order valence-corrected chi connectivity index (χ4v) is 11.8. The SMILES string of the molecule is C(=C\c1ccc(C23CCC(CC2)O3)cc1)/c1ccc(N(c2ccc(/C=C/c3ccc(C45CCC(CC4)O5)cc3)cc2)c2ccc(/C=C/c3ccc(C45CCC(CC4)O5)cc3)cc2)cc1. The summed E-state index contributed by atoms with van der Waals surface area (Å²) in [6.45, 7) is 0. The molecule has 0 unspecified atom stereocenters. The van der Waals surface area contributed by atoms with Crippen LogP contribution in [-0.4, -0.2) is 18.3 Å². The molecule has 0 aromatic heterocycles. The third-order valence-electron chi connectivity index (χ3n) is 15.6. The number of ether oxygens (including phenoxy) is 3. The van der Waals surface area contributed by atoms with Crippen LogP contribution in [-0.2, 0) is 31.0 Å². The first-order valence-corrected chi connectivity index (χ1v) is 24.0. The van der Waals surface area contributed by atoms with Crippen molar-refractivity contribution in [2.24, 2.45) is 0 Å². The minimum atomic E-state index is -0.0448. The Morgan fingerprint density at radius 3 is 0.688 bits per heavy atom. The molecule has 320 valence electrons. The van der Waals surface area contributed by atoms with Gasteiger partial charge in [-0.3, -0.25) is 0 Å². The molecule has 0 amide bonds. The molecule has 6 bridgehead atoms. The highest BCUT2D eigenvalue weighted by molar-refractivity contribution is 5.80. The molecule has 6 heterocycles. The minimum absolute atomic E-state index is 0.0448. The number of hydrogen-bond donors (Lipinski definition) is 0. The molecule has 0 atom stereocenters. The van der Waals surface area contributed by atoms with Gasteiger partial charge in [-0.25, -0.2) is 0 Å². The van der Waals surface area contributed by atoms with Gasteiger partial charge in [0.15, 0.2) is 0 Å². The molecule has 0 saturated carbocycles. The standard InChI is InChI=1S/C60H57NO3/c1(43-7-19-49(20-8-43)58-37-31-55(62-58)32-38-58)4-46-13-25-52(26-14-46)61(53-27-15-47(16-28-53)5-2-44-9-21-50(22-10-44)59-39-33-56(63-59)34-40-59)54-29-17-48(18-30-54)6-3-45-11-23-51(24-12-45)60-41-35-57(64-60)36-42-60/h1-30,55-57H,31-42H2/b4-1+,5-2+,6-3+. The summed E-state index contributed by atoms with van der Waals surface area (Å²) in [6.07, 6.45) is 28.7. The molecule has 12 rings (SSSR count). The zero-order valence-electron chi connectivity index (χ0n) is 36.7. The quantitative estimate of drug-likeness (QED) is 0.115. The monoisotopic (exact) mass is 839 g/mol. The Bertz CT molecular complexity index is 2370. The zero-order chi connectivity index (χ0) is 42.6. The lowest BCUT2D eigenvalue weighted by molar-refractivity contribution is 0.00979. The van der Waals surface area contributed by atoms with Crippen LogP contribution < -0.4 is 4.90 Å². The molecule has 6 aromatic rings.